The highest BCUT2D eigenvalue weighted by atomic mass is 16.6. The van der Waals surface area contributed by atoms with Crippen molar-refractivity contribution in [2.75, 3.05) is 13.2 Å². The van der Waals surface area contributed by atoms with Crippen molar-refractivity contribution in [2.24, 2.45) is 0 Å². The lowest BCUT2D eigenvalue weighted by Gasteiger charge is -2.29. The minimum absolute atomic E-state index is 0.171. The number of benzene rings is 1. The summed E-state index contributed by atoms with van der Waals surface area (Å²) in [5.41, 5.74) is 0.921. The molecule has 1 aliphatic heterocycles. The van der Waals surface area contributed by atoms with Gasteiger partial charge in [-0.3, -0.25) is 4.90 Å². The van der Waals surface area contributed by atoms with E-state index in [4.69, 9.17) is 9.47 Å². The molecular formula is C15H21NO3. The maximum absolute atomic E-state index is 11.7. The quantitative estimate of drug-likeness (QED) is 0.838. The number of rotatable bonds is 4. The van der Waals surface area contributed by atoms with Crippen LogP contribution in [0.25, 0.3) is 0 Å². The van der Waals surface area contributed by atoms with Crippen LogP contribution in [0.2, 0.25) is 0 Å². The summed E-state index contributed by atoms with van der Waals surface area (Å²) < 4.78 is 10.9. The second-order valence-corrected chi connectivity index (χ2v) is 5.79. The predicted molar refractivity (Wildman–Crippen MR) is 72.8 cm³/mol. The van der Waals surface area contributed by atoms with E-state index in [2.05, 4.69) is 0 Å². The Kier molecular flexibility index (Phi) is 4.10. The zero-order valence-corrected chi connectivity index (χ0v) is 11.8. The van der Waals surface area contributed by atoms with Gasteiger partial charge in [-0.1, -0.05) is 30.3 Å². The van der Waals surface area contributed by atoms with Crippen molar-refractivity contribution in [3.8, 4) is 0 Å². The molecule has 1 aliphatic rings. The molecule has 0 bridgehead atoms. The molecule has 4 nitrogen and oxygen atoms in total. The predicted octanol–water partition coefficient (Wildman–Crippen LogP) is 2.82. The maximum atomic E-state index is 11.7. The molecule has 2 rings (SSSR count). The lowest BCUT2D eigenvalue weighted by atomic mass is 10.1. The van der Waals surface area contributed by atoms with Crippen LogP contribution in [-0.2, 0) is 16.1 Å². The van der Waals surface area contributed by atoms with Crippen LogP contribution in [0.4, 0.5) is 4.79 Å². The van der Waals surface area contributed by atoms with E-state index in [1.54, 1.807) is 4.90 Å². The van der Waals surface area contributed by atoms with Gasteiger partial charge in [0.15, 0.2) is 0 Å². The molecule has 1 aromatic carbocycles. The van der Waals surface area contributed by atoms with E-state index in [1.165, 1.54) is 0 Å². The summed E-state index contributed by atoms with van der Waals surface area (Å²) in [6.45, 7) is 7.58. The number of amides is 1. The van der Waals surface area contributed by atoms with E-state index in [0.29, 0.717) is 19.8 Å². The normalized spacial score (nSPS) is 19.6. The van der Waals surface area contributed by atoms with Crippen LogP contribution in [0.15, 0.2) is 30.3 Å². The third-order valence-corrected chi connectivity index (χ3v) is 3.10. The minimum atomic E-state index is -0.249. The largest absolute Gasteiger partial charge is 0.442 e. The summed E-state index contributed by atoms with van der Waals surface area (Å²) in [5.74, 6) is 0. The molecule has 1 saturated heterocycles. The van der Waals surface area contributed by atoms with Gasteiger partial charge in [0.1, 0.15) is 6.10 Å². The van der Waals surface area contributed by atoms with Gasteiger partial charge in [-0.05, 0) is 26.3 Å². The Balaban J connectivity index is 1.78. The SMILES string of the molecule is CC(C)(C)N1CC(COCc2ccccc2)OC1=O. The Morgan fingerprint density at radius 3 is 2.58 bits per heavy atom. The highest BCUT2D eigenvalue weighted by Gasteiger charge is 2.37. The second-order valence-electron chi connectivity index (χ2n) is 5.79. The number of hydrogen-bond donors (Lipinski definition) is 0. The molecular weight excluding hydrogens is 242 g/mol. The molecule has 1 fully saturated rings. The van der Waals surface area contributed by atoms with Crippen molar-refractivity contribution in [1.29, 1.82) is 0 Å². The van der Waals surface area contributed by atoms with Crippen molar-refractivity contribution in [3.63, 3.8) is 0 Å². The lowest BCUT2D eigenvalue weighted by Crippen LogP contribution is -2.42. The minimum Gasteiger partial charge on any atom is -0.442 e. The molecule has 0 aliphatic carbocycles. The van der Waals surface area contributed by atoms with Gasteiger partial charge in [-0.25, -0.2) is 4.79 Å². The summed E-state index contributed by atoms with van der Waals surface area (Å²) in [6, 6.07) is 9.97. The highest BCUT2D eigenvalue weighted by Crippen LogP contribution is 2.22. The first-order chi connectivity index (χ1) is 8.97. The number of ether oxygens (including phenoxy) is 2. The van der Waals surface area contributed by atoms with Crippen LogP contribution >= 0.6 is 0 Å². The van der Waals surface area contributed by atoms with Crippen molar-refractivity contribution < 1.29 is 14.3 Å². The molecule has 0 spiro atoms. The van der Waals surface area contributed by atoms with E-state index < -0.39 is 0 Å². The maximum Gasteiger partial charge on any atom is 0.410 e. The Hall–Kier alpha value is -1.55. The summed E-state index contributed by atoms with van der Waals surface area (Å²) in [5, 5.41) is 0. The number of nitrogens with zero attached hydrogens (tertiary/aromatic N) is 1. The Labute approximate surface area is 114 Å². The Morgan fingerprint density at radius 2 is 2.00 bits per heavy atom. The van der Waals surface area contributed by atoms with Gasteiger partial charge in [0.2, 0.25) is 0 Å². The molecule has 0 radical (unpaired) electrons. The molecule has 4 heteroatoms. The third-order valence-electron chi connectivity index (χ3n) is 3.10. The number of carbonyl (C=O) groups is 1. The van der Waals surface area contributed by atoms with Gasteiger partial charge in [-0.2, -0.15) is 0 Å². The summed E-state index contributed by atoms with van der Waals surface area (Å²) in [6.07, 6.45) is -0.420. The van der Waals surface area contributed by atoms with E-state index in [-0.39, 0.29) is 17.7 Å². The number of hydrogen-bond acceptors (Lipinski definition) is 3. The standard InChI is InChI=1S/C15H21NO3/c1-15(2,3)16-9-13(19-14(16)17)11-18-10-12-7-5-4-6-8-12/h4-8,13H,9-11H2,1-3H3. The summed E-state index contributed by atoms with van der Waals surface area (Å²) >= 11 is 0. The van der Waals surface area contributed by atoms with Crippen molar-refractivity contribution >= 4 is 6.09 Å². The van der Waals surface area contributed by atoms with Crippen LogP contribution in [0, 0.1) is 0 Å². The average Bonchev–Trinajstić information content (AvgIpc) is 2.72. The number of carbonyl (C=O) groups excluding carboxylic acids is 1. The molecule has 19 heavy (non-hydrogen) atoms. The van der Waals surface area contributed by atoms with Crippen molar-refractivity contribution in [2.45, 2.75) is 39.0 Å². The van der Waals surface area contributed by atoms with Crippen LogP contribution in [-0.4, -0.2) is 35.8 Å². The average molecular weight is 263 g/mol. The van der Waals surface area contributed by atoms with Crippen molar-refractivity contribution in [3.05, 3.63) is 35.9 Å². The van der Waals surface area contributed by atoms with Gasteiger partial charge >= 0.3 is 6.09 Å². The fraction of sp³-hybridized carbons (Fsp3) is 0.533. The van der Waals surface area contributed by atoms with Gasteiger partial charge in [0.25, 0.3) is 0 Å². The molecule has 0 saturated carbocycles. The first-order valence-corrected chi connectivity index (χ1v) is 6.57. The second kappa shape index (κ2) is 5.61. The van der Waals surface area contributed by atoms with Gasteiger partial charge in [0.05, 0.1) is 19.8 Å². The molecule has 1 atom stereocenters. The van der Waals surface area contributed by atoms with Gasteiger partial charge in [-0.15, -0.1) is 0 Å². The fourth-order valence-electron chi connectivity index (χ4n) is 2.04. The smallest absolute Gasteiger partial charge is 0.410 e. The first-order valence-electron chi connectivity index (χ1n) is 6.57. The summed E-state index contributed by atoms with van der Waals surface area (Å²) in [7, 11) is 0. The fourth-order valence-corrected chi connectivity index (χ4v) is 2.04. The first kappa shape index (κ1) is 13.9. The van der Waals surface area contributed by atoms with E-state index in [9.17, 15) is 4.79 Å². The molecule has 1 heterocycles. The Morgan fingerprint density at radius 1 is 1.32 bits per heavy atom. The zero-order chi connectivity index (χ0) is 13.9. The molecule has 1 aromatic rings. The van der Waals surface area contributed by atoms with Crippen LogP contribution in [0.3, 0.4) is 0 Å². The van der Waals surface area contributed by atoms with Gasteiger partial charge in [0, 0.05) is 5.54 Å². The van der Waals surface area contributed by atoms with Crippen LogP contribution in [0.5, 0.6) is 0 Å². The lowest BCUT2D eigenvalue weighted by molar-refractivity contribution is 0.0381. The van der Waals surface area contributed by atoms with Gasteiger partial charge < -0.3 is 9.47 Å². The molecule has 1 amide bonds. The van der Waals surface area contributed by atoms with E-state index in [1.807, 2.05) is 51.1 Å². The van der Waals surface area contributed by atoms with Crippen LogP contribution < -0.4 is 0 Å². The molecule has 104 valence electrons. The van der Waals surface area contributed by atoms with Crippen LogP contribution in [0.1, 0.15) is 26.3 Å². The van der Waals surface area contributed by atoms with E-state index in [0.717, 1.165) is 5.56 Å². The number of cyclic esters (lactones) is 1. The van der Waals surface area contributed by atoms with E-state index >= 15 is 0 Å². The molecule has 0 N–H and O–H groups in total. The molecule has 0 aromatic heterocycles. The topological polar surface area (TPSA) is 38.8 Å². The Bertz CT molecular complexity index is 425. The monoisotopic (exact) mass is 263 g/mol. The molecule has 1 unspecified atom stereocenters. The zero-order valence-electron chi connectivity index (χ0n) is 11.8. The van der Waals surface area contributed by atoms with Crippen molar-refractivity contribution in [1.82, 2.24) is 4.90 Å². The summed E-state index contributed by atoms with van der Waals surface area (Å²) in [4.78, 5) is 13.5. The highest BCUT2D eigenvalue weighted by molar-refractivity contribution is 5.70. The third kappa shape index (κ3) is 3.70.